The number of hydrogen-bond acceptors (Lipinski definition) is 2. The topological polar surface area (TPSA) is 48.9 Å². The van der Waals surface area contributed by atoms with Crippen LogP contribution in [0.4, 0.5) is 0 Å². The van der Waals surface area contributed by atoms with Gasteiger partial charge >= 0.3 is 11.4 Å². The summed E-state index contributed by atoms with van der Waals surface area (Å²) in [5, 5.41) is 0. The molecule has 0 saturated heterocycles. The molecule has 5 heteroatoms. The molecule has 5 aliphatic carbocycles. The number of aromatic nitrogens is 3. The van der Waals surface area contributed by atoms with Crippen molar-refractivity contribution in [2.24, 2.45) is 35.5 Å². The minimum Gasteiger partial charge on any atom is -0.245 e. The molecule has 8 rings (SSSR count). The smallest absolute Gasteiger partial charge is 0.245 e. The highest BCUT2D eigenvalue weighted by Gasteiger charge is 2.79. The minimum atomic E-state index is -0.149. The summed E-state index contributed by atoms with van der Waals surface area (Å²) in [5.41, 5.74) is 0.381. The molecule has 6 aliphatic rings. The van der Waals surface area contributed by atoms with Crippen molar-refractivity contribution in [3.63, 3.8) is 0 Å². The molecule has 0 N–H and O–H groups in total. The fourth-order valence-electron chi connectivity index (χ4n) is 7.11. The van der Waals surface area contributed by atoms with E-state index in [0.29, 0.717) is 41.2 Å². The molecule has 1 aromatic heterocycles. The Balaban J connectivity index is 1.53. The fourth-order valence-corrected chi connectivity index (χ4v) is 7.11. The van der Waals surface area contributed by atoms with Gasteiger partial charge in [-0.25, -0.2) is 23.5 Å². The van der Waals surface area contributed by atoms with Crippen molar-refractivity contribution in [1.82, 2.24) is 13.9 Å². The number of allylic oxidation sites excluding steroid dienone is 2. The molecule has 1 aliphatic heterocycles. The third-order valence-corrected chi connectivity index (χ3v) is 7.39. The molecular formula is C18H15N3O2. The summed E-state index contributed by atoms with van der Waals surface area (Å²) in [6.45, 7) is 0. The van der Waals surface area contributed by atoms with E-state index in [2.05, 4.69) is 12.2 Å². The average Bonchev–Trinajstić information content (AvgIpc) is 3.36. The van der Waals surface area contributed by atoms with Crippen LogP contribution in [-0.4, -0.2) is 13.9 Å². The van der Waals surface area contributed by atoms with E-state index in [0.717, 1.165) is 0 Å². The second-order valence-electron chi connectivity index (χ2n) is 7.76. The van der Waals surface area contributed by atoms with Crippen LogP contribution in [-0.2, 0) is 0 Å². The lowest BCUT2D eigenvalue weighted by molar-refractivity contribution is 0.176. The highest BCUT2D eigenvalue weighted by Crippen LogP contribution is 2.80. The zero-order chi connectivity index (χ0) is 15.0. The normalized spacial score (nSPS) is 45.6. The Morgan fingerprint density at radius 1 is 0.696 bits per heavy atom. The Morgan fingerprint density at radius 2 is 1.26 bits per heavy atom. The molecule has 2 heterocycles. The molecule has 1 aromatic carbocycles. The number of para-hydroxylation sites is 1. The van der Waals surface area contributed by atoms with Gasteiger partial charge in [-0.1, -0.05) is 30.4 Å². The number of hydrogen-bond donors (Lipinski definition) is 0. The van der Waals surface area contributed by atoms with Crippen LogP contribution in [0.3, 0.4) is 0 Å². The molecule has 0 radical (unpaired) electrons. The first-order valence-corrected chi connectivity index (χ1v) is 8.49. The van der Waals surface area contributed by atoms with Crippen molar-refractivity contribution in [3.8, 4) is 5.69 Å². The van der Waals surface area contributed by atoms with Crippen molar-refractivity contribution in [2.45, 2.75) is 12.1 Å². The number of rotatable bonds is 1. The maximum absolute atomic E-state index is 13.0. The lowest BCUT2D eigenvalue weighted by Crippen LogP contribution is -2.38. The zero-order valence-electron chi connectivity index (χ0n) is 12.3. The third-order valence-electron chi connectivity index (χ3n) is 7.39. The molecule has 4 fully saturated rings. The Kier molecular flexibility index (Phi) is 1.55. The van der Waals surface area contributed by atoms with Crippen LogP contribution >= 0.6 is 0 Å². The molecule has 114 valence electrons. The molecule has 0 amide bonds. The van der Waals surface area contributed by atoms with Crippen LogP contribution in [0.1, 0.15) is 12.1 Å². The van der Waals surface area contributed by atoms with Gasteiger partial charge in [0.1, 0.15) is 0 Å². The summed E-state index contributed by atoms with van der Waals surface area (Å²) in [5.74, 6) is 3.71. The van der Waals surface area contributed by atoms with Crippen molar-refractivity contribution < 1.29 is 0 Å². The van der Waals surface area contributed by atoms with E-state index >= 15 is 0 Å². The minimum absolute atomic E-state index is 0.149. The van der Waals surface area contributed by atoms with Gasteiger partial charge in [-0.2, -0.15) is 0 Å². The molecule has 2 aromatic rings. The second kappa shape index (κ2) is 3.16. The first kappa shape index (κ1) is 11.3. The van der Waals surface area contributed by atoms with Crippen molar-refractivity contribution >= 4 is 0 Å². The summed E-state index contributed by atoms with van der Waals surface area (Å²) >= 11 is 0. The summed E-state index contributed by atoms with van der Waals surface area (Å²) < 4.78 is 4.99. The van der Waals surface area contributed by atoms with E-state index in [4.69, 9.17) is 0 Å². The highest BCUT2D eigenvalue weighted by atomic mass is 16.2. The van der Waals surface area contributed by atoms with Crippen molar-refractivity contribution in [1.29, 1.82) is 0 Å². The van der Waals surface area contributed by atoms with Gasteiger partial charge in [-0.05, 0) is 41.7 Å². The van der Waals surface area contributed by atoms with Gasteiger partial charge in [0.25, 0.3) is 0 Å². The lowest BCUT2D eigenvalue weighted by atomic mass is 9.82. The van der Waals surface area contributed by atoms with E-state index in [1.54, 1.807) is 0 Å². The van der Waals surface area contributed by atoms with Crippen molar-refractivity contribution in [2.75, 3.05) is 0 Å². The van der Waals surface area contributed by atoms with Crippen LogP contribution < -0.4 is 11.4 Å². The van der Waals surface area contributed by atoms with E-state index in [1.165, 1.54) is 4.57 Å². The van der Waals surface area contributed by atoms with Gasteiger partial charge in [0.05, 0.1) is 17.8 Å². The summed E-state index contributed by atoms with van der Waals surface area (Å²) in [4.78, 5) is 26.0. The second-order valence-corrected chi connectivity index (χ2v) is 7.76. The number of nitrogens with zero attached hydrogens (tertiary/aromatic N) is 3. The number of benzene rings is 1. The lowest BCUT2D eigenvalue weighted by Gasteiger charge is -2.32. The molecule has 5 nitrogen and oxygen atoms in total. The van der Waals surface area contributed by atoms with Gasteiger partial charge < -0.3 is 0 Å². The first-order valence-electron chi connectivity index (χ1n) is 8.49. The zero-order valence-corrected chi connectivity index (χ0v) is 12.3. The molecule has 4 saturated carbocycles. The van der Waals surface area contributed by atoms with Crippen LogP contribution in [0, 0.1) is 35.5 Å². The molecular weight excluding hydrogens is 290 g/mol. The van der Waals surface area contributed by atoms with E-state index in [1.807, 2.05) is 39.7 Å². The Hall–Kier alpha value is -2.30. The standard InChI is InChI=1S/C18H15N3O2/c22-17-19(8-4-2-1-3-5-8)18(23)21-16-13-10-7-6-9-11(10)14(16)15(12(9)13)20(17)21/h1-7,9-16H/t9-,10-,11?,12-,13+,14?,15-,16+/m1/s1. The summed E-state index contributed by atoms with van der Waals surface area (Å²) in [6.07, 6.45) is 4.76. The molecule has 2 unspecified atom stereocenters. The molecule has 23 heavy (non-hydrogen) atoms. The monoisotopic (exact) mass is 305 g/mol. The Labute approximate surface area is 131 Å². The number of fused-ring (bicyclic) bond motifs is 1. The average molecular weight is 305 g/mol. The van der Waals surface area contributed by atoms with E-state index < -0.39 is 0 Å². The van der Waals surface area contributed by atoms with E-state index in [-0.39, 0.29) is 23.5 Å². The summed E-state index contributed by atoms with van der Waals surface area (Å²) in [6, 6.07) is 9.82. The first-order chi connectivity index (χ1) is 11.3. The van der Waals surface area contributed by atoms with Crippen LogP contribution in [0.2, 0.25) is 0 Å². The SMILES string of the molecule is O=c1n(-c2ccccc2)c(=O)n2n1[C@@H]1C3C4[C@H]5C=C[C@H]4[C@H]([C@H]51)[C@H]32. The largest absolute Gasteiger partial charge is 0.352 e. The quantitative estimate of drug-likeness (QED) is 0.744. The molecule has 8 bridgehead atoms. The molecule has 8 atom stereocenters. The van der Waals surface area contributed by atoms with Gasteiger partial charge in [-0.3, -0.25) is 0 Å². The van der Waals surface area contributed by atoms with Gasteiger partial charge in [-0.15, -0.1) is 0 Å². The van der Waals surface area contributed by atoms with Gasteiger partial charge in [0, 0.05) is 5.92 Å². The van der Waals surface area contributed by atoms with Crippen LogP contribution in [0.25, 0.3) is 5.69 Å². The van der Waals surface area contributed by atoms with Gasteiger partial charge in [0.2, 0.25) is 0 Å². The summed E-state index contributed by atoms with van der Waals surface area (Å²) in [7, 11) is 0. The predicted octanol–water partition coefficient (Wildman–Crippen LogP) is 1.20. The van der Waals surface area contributed by atoms with Crippen LogP contribution in [0.5, 0.6) is 0 Å². The molecule has 0 spiro atoms. The van der Waals surface area contributed by atoms with Gasteiger partial charge in [0.15, 0.2) is 0 Å². The predicted molar refractivity (Wildman–Crippen MR) is 82.4 cm³/mol. The Bertz CT molecular complexity index is 967. The third kappa shape index (κ3) is 0.902. The maximum Gasteiger partial charge on any atom is 0.352 e. The van der Waals surface area contributed by atoms with Crippen LogP contribution in [0.15, 0.2) is 52.1 Å². The maximum atomic E-state index is 13.0. The van der Waals surface area contributed by atoms with E-state index in [9.17, 15) is 9.59 Å². The highest BCUT2D eigenvalue weighted by molar-refractivity contribution is 5.36. The fraction of sp³-hybridized carbons (Fsp3) is 0.444. The van der Waals surface area contributed by atoms with Crippen molar-refractivity contribution in [3.05, 3.63) is 63.5 Å². The Morgan fingerprint density at radius 3 is 1.83 bits per heavy atom.